The van der Waals surface area contributed by atoms with Crippen molar-refractivity contribution in [3.05, 3.63) is 124 Å². The first-order valence-electron chi connectivity index (χ1n) is 14.2. The Hall–Kier alpha value is -4.15. The van der Waals surface area contributed by atoms with Crippen molar-refractivity contribution in [1.82, 2.24) is 10.2 Å². The molecule has 1 N–H and O–H groups in total. The minimum absolute atomic E-state index is 0.0332. The fraction of sp³-hybridized carbons (Fsp3) is 0.235. The summed E-state index contributed by atoms with van der Waals surface area (Å²) in [5.74, 6) is -0.575. The van der Waals surface area contributed by atoms with Crippen LogP contribution in [0.2, 0.25) is 0 Å². The second-order valence-electron chi connectivity index (χ2n) is 10.2. The van der Waals surface area contributed by atoms with E-state index in [9.17, 15) is 18.0 Å². The number of hydrogen-bond donors (Lipinski definition) is 1. The molecule has 4 aromatic carbocycles. The van der Waals surface area contributed by atoms with Gasteiger partial charge in [-0.05, 0) is 61.4 Å². The van der Waals surface area contributed by atoms with Gasteiger partial charge in [-0.1, -0.05) is 88.2 Å². The number of halogens is 1. The lowest BCUT2D eigenvalue weighted by Crippen LogP contribution is -2.53. The predicted octanol–water partition coefficient (Wildman–Crippen LogP) is 5.74. The quantitative estimate of drug-likeness (QED) is 0.195. The predicted molar refractivity (Wildman–Crippen MR) is 176 cm³/mol. The fourth-order valence-corrected chi connectivity index (χ4v) is 6.51. The highest BCUT2D eigenvalue weighted by molar-refractivity contribution is 9.10. The highest BCUT2D eigenvalue weighted by atomic mass is 79.9. The molecule has 0 bridgehead atoms. The third-order valence-corrected chi connectivity index (χ3v) is 9.43. The molecule has 230 valence electrons. The molecule has 0 aromatic heterocycles. The van der Waals surface area contributed by atoms with Gasteiger partial charge in [0.05, 0.1) is 17.7 Å². The number of benzene rings is 4. The SMILES string of the molecule is CCNC(=O)[C@H](Cc1ccccc1)N(Cc1ccc(Br)cc1)C(=O)CN(c1ccccc1OC)S(=O)(=O)c1ccc(C)cc1. The molecule has 0 aliphatic heterocycles. The number of aryl methyl sites for hydroxylation is 1. The van der Waals surface area contributed by atoms with Crippen molar-refractivity contribution in [1.29, 1.82) is 0 Å². The Kier molecular flexibility index (Phi) is 11.2. The largest absolute Gasteiger partial charge is 0.495 e. The van der Waals surface area contributed by atoms with Gasteiger partial charge < -0.3 is 15.0 Å². The molecule has 10 heteroatoms. The summed E-state index contributed by atoms with van der Waals surface area (Å²) in [6, 6.07) is 29.1. The van der Waals surface area contributed by atoms with Crippen LogP contribution < -0.4 is 14.4 Å². The van der Waals surface area contributed by atoms with E-state index in [1.165, 1.54) is 24.1 Å². The van der Waals surface area contributed by atoms with Gasteiger partial charge in [-0.25, -0.2) is 8.42 Å². The third kappa shape index (κ3) is 8.06. The molecule has 0 aliphatic carbocycles. The van der Waals surface area contributed by atoms with E-state index < -0.39 is 28.5 Å². The van der Waals surface area contributed by atoms with Crippen molar-refractivity contribution in [2.24, 2.45) is 0 Å². The normalized spacial score (nSPS) is 11.8. The fourth-order valence-electron chi connectivity index (χ4n) is 4.82. The summed E-state index contributed by atoms with van der Waals surface area (Å²) in [6.07, 6.45) is 0.244. The first-order valence-corrected chi connectivity index (χ1v) is 16.4. The standard InChI is InChI=1S/C34H36BrN3O5S/c1-4-36-34(40)31(22-26-10-6-5-7-11-26)37(23-27-16-18-28(35)19-17-27)33(39)24-38(30-12-8-9-13-32(30)43-3)44(41,42)29-20-14-25(2)15-21-29/h5-21,31H,4,22-24H2,1-3H3,(H,36,40)/t31-/m0/s1. The van der Waals surface area contributed by atoms with E-state index in [1.807, 2.05) is 68.4 Å². The Labute approximate surface area is 267 Å². The van der Waals surface area contributed by atoms with Crippen LogP contribution in [-0.2, 0) is 32.6 Å². The number of carbonyl (C=O) groups is 2. The number of ether oxygens (including phenoxy) is 1. The van der Waals surface area contributed by atoms with Gasteiger partial charge in [0, 0.05) is 24.0 Å². The van der Waals surface area contributed by atoms with E-state index in [0.717, 1.165) is 25.5 Å². The second kappa shape index (κ2) is 15.0. The van der Waals surface area contributed by atoms with Crippen LogP contribution in [0.1, 0.15) is 23.6 Å². The lowest BCUT2D eigenvalue weighted by Gasteiger charge is -2.34. The average molecular weight is 679 g/mol. The number of amides is 2. The monoisotopic (exact) mass is 677 g/mol. The molecule has 0 fully saturated rings. The number of anilines is 1. The maximum Gasteiger partial charge on any atom is 0.264 e. The highest BCUT2D eigenvalue weighted by Crippen LogP contribution is 2.33. The Morgan fingerprint density at radius 3 is 2.14 bits per heavy atom. The molecule has 0 spiro atoms. The Balaban J connectivity index is 1.82. The average Bonchev–Trinajstić information content (AvgIpc) is 3.03. The number of nitrogens with one attached hydrogen (secondary N) is 1. The van der Waals surface area contributed by atoms with Crippen LogP contribution >= 0.6 is 15.9 Å². The van der Waals surface area contributed by atoms with E-state index in [-0.39, 0.29) is 29.5 Å². The van der Waals surface area contributed by atoms with Gasteiger partial charge in [0.1, 0.15) is 18.3 Å². The van der Waals surface area contributed by atoms with Crippen molar-refractivity contribution >= 4 is 43.5 Å². The number of para-hydroxylation sites is 2. The summed E-state index contributed by atoms with van der Waals surface area (Å²) in [7, 11) is -2.78. The number of methoxy groups -OCH3 is 1. The lowest BCUT2D eigenvalue weighted by atomic mass is 10.0. The number of sulfonamides is 1. The number of likely N-dealkylation sites (N-methyl/N-ethyl adjacent to an activating group) is 1. The van der Waals surface area contributed by atoms with Crippen LogP contribution in [0.5, 0.6) is 5.75 Å². The molecule has 0 heterocycles. The molecule has 0 aliphatic rings. The smallest absolute Gasteiger partial charge is 0.264 e. The van der Waals surface area contributed by atoms with Crippen LogP contribution in [0.15, 0.2) is 112 Å². The molecule has 0 saturated heterocycles. The van der Waals surface area contributed by atoms with Gasteiger partial charge in [-0.3, -0.25) is 13.9 Å². The Morgan fingerprint density at radius 1 is 0.864 bits per heavy atom. The Bertz CT molecular complexity index is 1660. The molecule has 4 rings (SSSR count). The van der Waals surface area contributed by atoms with E-state index in [2.05, 4.69) is 21.2 Å². The molecule has 44 heavy (non-hydrogen) atoms. The van der Waals surface area contributed by atoms with Gasteiger partial charge in [0.25, 0.3) is 10.0 Å². The molecule has 2 amide bonds. The lowest BCUT2D eigenvalue weighted by molar-refractivity contribution is -0.140. The van der Waals surface area contributed by atoms with Crippen molar-refractivity contribution in [2.45, 2.75) is 37.8 Å². The zero-order valence-corrected chi connectivity index (χ0v) is 27.3. The van der Waals surface area contributed by atoms with Crippen LogP contribution in [-0.4, -0.2) is 51.4 Å². The van der Waals surface area contributed by atoms with Gasteiger partial charge in [-0.15, -0.1) is 0 Å². The van der Waals surface area contributed by atoms with Crippen LogP contribution in [0.3, 0.4) is 0 Å². The minimum atomic E-state index is -4.23. The van der Waals surface area contributed by atoms with E-state index in [4.69, 9.17) is 4.74 Å². The first-order chi connectivity index (χ1) is 21.1. The number of hydrogen-bond acceptors (Lipinski definition) is 5. The molecule has 0 unspecified atom stereocenters. The van der Waals surface area contributed by atoms with Crippen LogP contribution in [0, 0.1) is 6.92 Å². The Morgan fingerprint density at radius 2 is 1.50 bits per heavy atom. The van der Waals surface area contributed by atoms with Crippen molar-refractivity contribution in [3.63, 3.8) is 0 Å². The summed E-state index contributed by atoms with van der Waals surface area (Å²) in [4.78, 5) is 29.5. The molecule has 0 saturated carbocycles. The maximum absolute atomic E-state index is 14.5. The number of rotatable bonds is 13. The maximum atomic E-state index is 14.5. The van der Waals surface area contributed by atoms with E-state index in [1.54, 1.807) is 36.4 Å². The first kappa shape index (κ1) is 32.8. The van der Waals surface area contributed by atoms with Gasteiger partial charge in [0.15, 0.2) is 0 Å². The van der Waals surface area contributed by atoms with Crippen molar-refractivity contribution < 1.29 is 22.7 Å². The number of carbonyl (C=O) groups excluding carboxylic acids is 2. The summed E-state index contributed by atoms with van der Waals surface area (Å²) >= 11 is 3.45. The van der Waals surface area contributed by atoms with Crippen LogP contribution in [0.25, 0.3) is 0 Å². The summed E-state index contributed by atoms with van der Waals surface area (Å²) in [5, 5.41) is 2.87. The third-order valence-electron chi connectivity index (χ3n) is 7.13. The zero-order chi connectivity index (χ0) is 31.7. The summed E-state index contributed by atoms with van der Waals surface area (Å²) in [6.45, 7) is 3.59. The molecular formula is C34H36BrN3O5S. The van der Waals surface area contributed by atoms with Crippen LogP contribution in [0.4, 0.5) is 5.69 Å². The second-order valence-corrected chi connectivity index (χ2v) is 13.0. The molecule has 4 aromatic rings. The van der Waals surface area contributed by atoms with E-state index >= 15 is 0 Å². The minimum Gasteiger partial charge on any atom is -0.495 e. The highest BCUT2D eigenvalue weighted by Gasteiger charge is 2.35. The topological polar surface area (TPSA) is 96.0 Å². The molecular weight excluding hydrogens is 642 g/mol. The van der Waals surface area contributed by atoms with Gasteiger partial charge in [0.2, 0.25) is 11.8 Å². The summed E-state index contributed by atoms with van der Waals surface area (Å²) < 4.78 is 35.8. The van der Waals surface area contributed by atoms with E-state index in [0.29, 0.717) is 12.3 Å². The van der Waals surface area contributed by atoms with Gasteiger partial charge in [-0.2, -0.15) is 0 Å². The van der Waals surface area contributed by atoms with Gasteiger partial charge >= 0.3 is 0 Å². The summed E-state index contributed by atoms with van der Waals surface area (Å²) in [5.41, 5.74) is 2.76. The zero-order valence-electron chi connectivity index (χ0n) is 24.9. The van der Waals surface area contributed by atoms with Crippen molar-refractivity contribution in [2.75, 3.05) is 24.5 Å². The molecule has 0 radical (unpaired) electrons. The van der Waals surface area contributed by atoms with Crippen molar-refractivity contribution in [3.8, 4) is 5.75 Å². The molecule has 8 nitrogen and oxygen atoms in total. The molecule has 1 atom stereocenters. The number of nitrogens with zero attached hydrogens (tertiary/aromatic N) is 2.